The Morgan fingerprint density at radius 1 is 0.680 bits per heavy atom. The Balaban J connectivity index is 2.19. The van der Waals surface area contributed by atoms with Crippen molar-refractivity contribution in [1.29, 1.82) is 5.26 Å². The molecule has 0 aliphatic heterocycles. The first-order valence-corrected chi connectivity index (χ1v) is 8.00. The van der Waals surface area contributed by atoms with Crippen molar-refractivity contribution in [3.05, 3.63) is 78.4 Å². The molecule has 2 N–H and O–H groups in total. The lowest BCUT2D eigenvalue weighted by Gasteiger charge is -2.16. The van der Waals surface area contributed by atoms with Gasteiger partial charge in [0.05, 0.1) is 11.6 Å². The summed E-state index contributed by atoms with van der Waals surface area (Å²) in [6.07, 6.45) is 0. The maximum absolute atomic E-state index is 9.97. The van der Waals surface area contributed by atoms with Crippen molar-refractivity contribution in [1.82, 2.24) is 0 Å². The number of hydrogen-bond donors (Lipinski definition) is 2. The van der Waals surface area contributed by atoms with E-state index in [0.717, 1.165) is 32.7 Å². The molecule has 0 radical (unpaired) electrons. The van der Waals surface area contributed by atoms with E-state index in [4.69, 9.17) is 5.26 Å². The lowest BCUT2D eigenvalue weighted by atomic mass is 9.72. The molecule has 0 aliphatic rings. The lowest BCUT2D eigenvalue weighted by Crippen LogP contribution is -2.31. The third-order valence-electron chi connectivity index (χ3n) is 4.53. The molecule has 0 heterocycles. The molecule has 0 fully saturated rings. The zero-order chi connectivity index (χ0) is 17.4. The minimum atomic E-state index is -1.55. The standard InChI is InChI=1S/C21H14BNO2/c23-13-14-9-11-15(12-10-14)20-16-5-1-3-7-18(16)21(22(24)25)19-8-4-2-6-17(19)20/h1-12,24-25H. The van der Waals surface area contributed by atoms with Gasteiger partial charge in [-0.25, -0.2) is 0 Å². The van der Waals surface area contributed by atoms with E-state index in [-0.39, 0.29) is 0 Å². The van der Waals surface area contributed by atoms with Gasteiger partial charge >= 0.3 is 7.12 Å². The first-order chi connectivity index (χ1) is 12.2. The Morgan fingerprint density at radius 2 is 1.16 bits per heavy atom. The maximum Gasteiger partial charge on any atom is 0.489 e. The summed E-state index contributed by atoms with van der Waals surface area (Å²) in [7, 11) is -1.55. The maximum atomic E-state index is 9.97. The van der Waals surface area contributed by atoms with Gasteiger partial charge in [-0.15, -0.1) is 0 Å². The van der Waals surface area contributed by atoms with Gasteiger partial charge in [0.2, 0.25) is 0 Å². The summed E-state index contributed by atoms with van der Waals surface area (Å²) in [5.41, 5.74) is 3.15. The molecule has 0 unspecified atom stereocenters. The average Bonchev–Trinajstić information content (AvgIpc) is 2.65. The number of nitrogens with zero attached hydrogens (tertiary/aromatic N) is 1. The first-order valence-electron chi connectivity index (χ1n) is 8.00. The van der Waals surface area contributed by atoms with E-state index >= 15 is 0 Å². The third-order valence-corrected chi connectivity index (χ3v) is 4.53. The fourth-order valence-corrected chi connectivity index (χ4v) is 3.46. The number of rotatable bonds is 2. The predicted molar refractivity (Wildman–Crippen MR) is 101 cm³/mol. The summed E-state index contributed by atoms with van der Waals surface area (Å²) in [4.78, 5) is 0. The Morgan fingerprint density at radius 3 is 1.60 bits per heavy atom. The van der Waals surface area contributed by atoms with E-state index in [1.807, 2.05) is 60.7 Å². The third kappa shape index (κ3) is 2.47. The van der Waals surface area contributed by atoms with Crippen LogP contribution in [0.2, 0.25) is 0 Å². The molecule has 3 nitrogen and oxygen atoms in total. The first kappa shape index (κ1) is 15.4. The summed E-state index contributed by atoms with van der Waals surface area (Å²) in [6.45, 7) is 0. The number of fused-ring (bicyclic) bond motifs is 2. The number of benzene rings is 4. The second kappa shape index (κ2) is 6.06. The molecule has 25 heavy (non-hydrogen) atoms. The summed E-state index contributed by atoms with van der Waals surface area (Å²) >= 11 is 0. The summed E-state index contributed by atoms with van der Waals surface area (Å²) < 4.78 is 0. The average molecular weight is 323 g/mol. The summed E-state index contributed by atoms with van der Waals surface area (Å²) in [5, 5.41) is 32.5. The molecule has 4 aromatic rings. The van der Waals surface area contributed by atoms with E-state index < -0.39 is 7.12 Å². The molecule has 0 saturated heterocycles. The molecule has 118 valence electrons. The van der Waals surface area contributed by atoms with E-state index in [2.05, 4.69) is 6.07 Å². The van der Waals surface area contributed by atoms with Crippen LogP contribution in [0.25, 0.3) is 32.7 Å². The van der Waals surface area contributed by atoms with Gasteiger partial charge in [-0.1, -0.05) is 60.7 Å². The van der Waals surface area contributed by atoms with E-state index in [1.54, 1.807) is 12.1 Å². The summed E-state index contributed by atoms with van der Waals surface area (Å²) in [6, 6.07) is 25.1. The van der Waals surface area contributed by atoms with Crippen molar-refractivity contribution in [3.63, 3.8) is 0 Å². The van der Waals surface area contributed by atoms with Crippen molar-refractivity contribution in [3.8, 4) is 17.2 Å². The van der Waals surface area contributed by atoms with Crippen LogP contribution in [0, 0.1) is 11.3 Å². The van der Waals surface area contributed by atoms with Crippen LogP contribution < -0.4 is 5.46 Å². The molecule has 0 aromatic heterocycles. The van der Waals surface area contributed by atoms with Crippen molar-refractivity contribution in [2.45, 2.75) is 0 Å². The second-order valence-electron chi connectivity index (χ2n) is 5.94. The Labute approximate surface area is 145 Å². The topological polar surface area (TPSA) is 64.2 Å². The van der Waals surface area contributed by atoms with Gasteiger partial charge in [-0.2, -0.15) is 5.26 Å². The molecule has 4 aromatic carbocycles. The van der Waals surface area contributed by atoms with Gasteiger partial charge in [-0.3, -0.25) is 0 Å². The normalized spacial score (nSPS) is 10.8. The van der Waals surface area contributed by atoms with Crippen LogP contribution in [0.3, 0.4) is 0 Å². The van der Waals surface area contributed by atoms with Crippen LogP contribution in [-0.2, 0) is 0 Å². The van der Waals surface area contributed by atoms with Crippen LogP contribution in [-0.4, -0.2) is 17.2 Å². The Bertz CT molecular complexity index is 1070. The lowest BCUT2D eigenvalue weighted by molar-refractivity contribution is 0.426. The van der Waals surface area contributed by atoms with Crippen LogP contribution in [0.5, 0.6) is 0 Å². The molecule has 0 saturated carbocycles. The highest BCUT2D eigenvalue weighted by atomic mass is 16.4. The monoisotopic (exact) mass is 323 g/mol. The zero-order valence-corrected chi connectivity index (χ0v) is 13.3. The zero-order valence-electron chi connectivity index (χ0n) is 13.3. The fraction of sp³-hybridized carbons (Fsp3) is 0. The SMILES string of the molecule is N#Cc1ccc(-c2c3ccccc3c(B(O)O)c3ccccc23)cc1. The van der Waals surface area contributed by atoms with Crippen molar-refractivity contribution in [2.75, 3.05) is 0 Å². The smallest absolute Gasteiger partial charge is 0.423 e. The van der Waals surface area contributed by atoms with Gasteiger partial charge in [0, 0.05) is 0 Å². The molecule has 0 aliphatic carbocycles. The van der Waals surface area contributed by atoms with Gasteiger partial charge in [-0.05, 0) is 50.3 Å². The molecular weight excluding hydrogens is 309 g/mol. The van der Waals surface area contributed by atoms with Crippen molar-refractivity contribution >= 4 is 34.1 Å². The highest BCUT2D eigenvalue weighted by Crippen LogP contribution is 2.35. The molecule has 0 spiro atoms. The van der Waals surface area contributed by atoms with Crippen LogP contribution >= 0.6 is 0 Å². The largest absolute Gasteiger partial charge is 0.489 e. The van der Waals surface area contributed by atoms with E-state index in [1.165, 1.54) is 0 Å². The van der Waals surface area contributed by atoms with E-state index in [0.29, 0.717) is 11.0 Å². The second-order valence-corrected chi connectivity index (χ2v) is 5.94. The predicted octanol–water partition coefficient (Wildman–Crippen LogP) is 3.21. The minimum absolute atomic E-state index is 0.517. The van der Waals surface area contributed by atoms with Gasteiger partial charge < -0.3 is 10.0 Å². The molecule has 4 heteroatoms. The van der Waals surface area contributed by atoms with Gasteiger partial charge in [0.15, 0.2) is 0 Å². The van der Waals surface area contributed by atoms with Crippen LogP contribution in [0.4, 0.5) is 0 Å². The molecule has 4 rings (SSSR count). The molecule has 0 amide bonds. The summed E-state index contributed by atoms with van der Waals surface area (Å²) in [5.74, 6) is 0. The highest BCUT2D eigenvalue weighted by Gasteiger charge is 2.21. The van der Waals surface area contributed by atoms with E-state index in [9.17, 15) is 10.0 Å². The van der Waals surface area contributed by atoms with Crippen molar-refractivity contribution in [2.24, 2.45) is 0 Å². The fourth-order valence-electron chi connectivity index (χ4n) is 3.46. The van der Waals surface area contributed by atoms with Crippen molar-refractivity contribution < 1.29 is 10.0 Å². The molecule has 0 atom stereocenters. The molecular formula is C21H14BNO2. The van der Waals surface area contributed by atoms with Gasteiger partial charge in [0.1, 0.15) is 0 Å². The number of hydrogen-bond acceptors (Lipinski definition) is 3. The minimum Gasteiger partial charge on any atom is -0.423 e. The van der Waals surface area contributed by atoms with Crippen LogP contribution in [0.15, 0.2) is 72.8 Å². The highest BCUT2D eigenvalue weighted by molar-refractivity contribution is 6.66. The molecule has 0 bridgehead atoms. The van der Waals surface area contributed by atoms with Crippen LogP contribution in [0.1, 0.15) is 5.56 Å². The quantitative estimate of drug-likeness (QED) is 0.440. The Hall–Kier alpha value is -3.13. The number of nitriles is 1. The van der Waals surface area contributed by atoms with Gasteiger partial charge in [0.25, 0.3) is 0 Å². The Kier molecular flexibility index (Phi) is 3.74.